The smallest absolute Gasteiger partial charge is 0.267 e. The van der Waals surface area contributed by atoms with Crippen molar-refractivity contribution in [2.45, 2.75) is 6.92 Å². The molecule has 3 aromatic rings. The molecule has 0 radical (unpaired) electrons. The number of carbonyl (C=O) groups is 1. The molecule has 0 aliphatic carbocycles. The molecule has 1 N–H and O–H groups in total. The first-order valence-corrected chi connectivity index (χ1v) is 8.91. The van der Waals surface area contributed by atoms with Gasteiger partial charge in [0, 0.05) is 9.13 Å². The first-order valence-electron chi connectivity index (χ1n) is 7.46. The summed E-state index contributed by atoms with van der Waals surface area (Å²) in [5, 5.41) is 8.88. The molecule has 1 aromatic heterocycles. The van der Waals surface area contributed by atoms with Gasteiger partial charge in [-0.05, 0) is 59.8 Å². The molecule has 0 saturated heterocycles. The van der Waals surface area contributed by atoms with E-state index in [9.17, 15) is 4.79 Å². The van der Waals surface area contributed by atoms with Crippen molar-refractivity contribution in [3.63, 3.8) is 0 Å². The van der Waals surface area contributed by atoms with Gasteiger partial charge in [0.15, 0.2) is 0 Å². The Morgan fingerprint density at radius 3 is 2.72 bits per heavy atom. The zero-order valence-electron chi connectivity index (χ0n) is 13.3. The highest BCUT2D eigenvalue weighted by molar-refractivity contribution is 14.1. The Bertz CT molecular complexity index is 938. The lowest BCUT2D eigenvalue weighted by molar-refractivity contribution is 0.0955. The fraction of sp³-hybridized carbons (Fsp3) is 0.0556. The van der Waals surface area contributed by atoms with Crippen LogP contribution in [0.4, 0.5) is 0 Å². The lowest BCUT2D eigenvalue weighted by Crippen LogP contribution is -2.17. The molecule has 3 rings (SSSR count). The molecular weight excluding hydrogens is 451 g/mol. The molecule has 0 fully saturated rings. The molecule has 0 unspecified atom stereocenters. The fourth-order valence-electron chi connectivity index (χ4n) is 2.25. The van der Waals surface area contributed by atoms with E-state index >= 15 is 0 Å². The number of para-hydroxylation sites is 1. The van der Waals surface area contributed by atoms with E-state index in [-0.39, 0.29) is 5.91 Å². The highest BCUT2D eigenvalue weighted by Gasteiger charge is 2.13. The third kappa shape index (κ3) is 4.08. The number of aryl methyl sites for hydroxylation is 1. The highest BCUT2D eigenvalue weighted by atomic mass is 127. The fourth-order valence-corrected chi connectivity index (χ4v) is 3.11. The maximum absolute atomic E-state index is 12.1. The minimum Gasteiger partial charge on any atom is -0.267 e. The van der Waals surface area contributed by atoms with Crippen LogP contribution in [0, 0.1) is 10.5 Å². The maximum atomic E-state index is 12.1. The molecular formula is C18H14ClIN4O. The largest absolute Gasteiger partial charge is 0.271 e. The second-order valence-corrected chi connectivity index (χ2v) is 6.85. The molecule has 0 aliphatic heterocycles. The summed E-state index contributed by atoms with van der Waals surface area (Å²) in [4.78, 5) is 12.1. The van der Waals surface area contributed by atoms with Crippen LogP contribution in [0.3, 0.4) is 0 Å². The van der Waals surface area contributed by atoms with Crippen LogP contribution >= 0.6 is 34.2 Å². The molecule has 5 nitrogen and oxygen atoms in total. The SMILES string of the molecule is Cc1nn(-c2ccccc2)c(Cl)c1C=NNC(=O)c1cccc(I)c1. The number of carbonyl (C=O) groups excluding carboxylic acids is 1. The number of hydrazone groups is 1. The van der Waals surface area contributed by atoms with E-state index in [4.69, 9.17) is 11.6 Å². The molecule has 1 amide bonds. The van der Waals surface area contributed by atoms with Gasteiger partial charge in [-0.1, -0.05) is 35.9 Å². The Hall–Kier alpha value is -2.19. The van der Waals surface area contributed by atoms with Crippen LogP contribution in [0.2, 0.25) is 5.15 Å². The van der Waals surface area contributed by atoms with Gasteiger partial charge in [-0.15, -0.1) is 0 Å². The number of nitrogens with one attached hydrogen (secondary N) is 1. The van der Waals surface area contributed by atoms with Gasteiger partial charge in [0.25, 0.3) is 5.91 Å². The predicted octanol–water partition coefficient (Wildman–Crippen LogP) is 4.20. The molecule has 0 bridgehead atoms. The lowest BCUT2D eigenvalue weighted by atomic mass is 10.2. The molecule has 126 valence electrons. The minimum absolute atomic E-state index is 0.279. The van der Waals surface area contributed by atoms with Gasteiger partial charge in [-0.25, -0.2) is 10.1 Å². The third-order valence-corrected chi connectivity index (χ3v) is 4.53. The second-order valence-electron chi connectivity index (χ2n) is 5.25. The quantitative estimate of drug-likeness (QED) is 0.357. The number of rotatable bonds is 4. The van der Waals surface area contributed by atoms with Crippen molar-refractivity contribution >= 4 is 46.3 Å². The predicted molar refractivity (Wildman–Crippen MR) is 108 cm³/mol. The van der Waals surface area contributed by atoms with Crippen molar-refractivity contribution in [1.82, 2.24) is 15.2 Å². The van der Waals surface area contributed by atoms with Crippen molar-refractivity contribution in [1.29, 1.82) is 0 Å². The van der Waals surface area contributed by atoms with E-state index in [1.54, 1.807) is 16.8 Å². The Kier molecular flexibility index (Phi) is 5.50. The lowest BCUT2D eigenvalue weighted by Gasteiger charge is -2.02. The molecule has 0 spiro atoms. The Balaban J connectivity index is 1.78. The first-order chi connectivity index (χ1) is 12.1. The van der Waals surface area contributed by atoms with Crippen LogP contribution in [0.1, 0.15) is 21.6 Å². The Labute approximate surface area is 163 Å². The molecule has 0 atom stereocenters. The zero-order chi connectivity index (χ0) is 17.8. The van der Waals surface area contributed by atoms with E-state index in [0.29, 0.717) is 16.3 Å². The number of hydrogen-bond acceptors (Lipinski definition) is 3. The third-order valence-electron chi connectivity index (χ3n) is 3.50. The zero-order valence-corrected chi connectivity index (χ0v) is 16.2. The van der Waals surface area contributed by atoms with E-state index in [0.717, 1.165) is 15.0 Å². The van der Waals surface area contributed by atoms with Gasteiger partial charge in [-0.2, -0.15) is 10.2 Å². The number of benzene rings is 2. The highest BCUT2D eigenvalue weighted by Crippen LogP contribution is 2.21. The van der Waals surface area contributed by atoms with Crippen LogP contribution in [-0.2, 0) is 0 Å². The number of nitrogens with zero attached hydrogens (tertiary/aromatic N) is 3. The van der Waals surface area contributed by atoms with Gasteiger partial charge in [0.05, 0.1) is 23.2 Å². The molecule has 7 heteroatoms. The number of amides is 1. The van der Waals surface area contributed by atoms with Crippen molar-refractivity contribution in [3.8, 4) is 5.69 Å². The number of aromatic nitrogens is 2. The van der Waals surface area contributed by atoms with Gasteiger partial charge < -0.3 is 0 Å². The van der Waals surface area contributed by atoms with Crippen LogP contribution in [0.15, 0.2) is 59.7 Å². The summed E-state index contributed by atoms with van der Waals surface area (Å²) < 4.78 is 2.62. The number of halogens is 2. The van der Waals surface area contributed by atoms with E-state index in [2.05, 4.69) is 38.2 Å². The standard InChI is InChI=1S/C18H14ClIN4O/c1-12-16(17(19)24(23-12)15-8-3-2-4-9-15)11-21-22-18(25)13-6-5-7-14(20)10-13/h2-11H,1H3,(H,22,25). The molecule has 0 saturated carbocycles. The summed E-state index contributed by atoms with van der Waals surface area (Å²) >= 11 is 8.57. The summed E-state index contributed by atoms with van der Waals surface area (Å²) in [6, 6.07) is 16.9. The molecule has 0 aliphatic rings. The van der Waals surface area contributed by atoms with Crippen LogP contribution in [-0.4, -0.2) is 21.9 Å². The van der Waals surface area contributed by atoms with Crippen molar-refractivity contribution < 1.29 is 4.79 Å². The summed E-state index contributed by atoms with van der Waals surface area (Å²) in [5.41, 5.74) is 5.30. The molecule has 1 heterocycles. The van der Waals surface area contributed by atoms with E-state index in [1.165, 1.54) is 6.21 Å². The van der Waals surface area contributed by atoms with Gasteiger partial charge in [0.2, 0.25) is 0 Å². The van der Waals surface area contributed by atoms with Crippen molar-refractivity contribution in [3.05, 3.63) is 80.1 Å². The molecule has 2 aromatic carbocycles. The topological polar surface area (TPSA) is 59.3 Å². The second kappa shape index (κ2) is 7.79. The van der Waals surface area contributed by atoms with E-state index < -0.39 is 0 Å². The summed E-state index contributed by atoms with van der Waals surface area (Å²) in [6.07, 6.45) is 1.51. The maximum Gasteiger partial charge on any atom is 0.271 e. The average molecular weight is 465 g/mol. The normalized spacial score (nSPS) is 11.0. The Morgan fingerprint density at radius 1 is 1.24 bits per heavy atom. The van der Waals surface area contributed by atoms with Gasteiger partial charge in [-0.3, -0.25) is 4.79 Å². The molecule has 25 heavy (non-hydrogen) atoms. The van der Waals surface area contributed by atoms with Gasteiger partial charge >= 0.3 is 0 Å². The Morgan fingerprint density at radius 2 is 2.00 bits per heavy atom. The monoisotopic (exact) mass is 464 g/mol. The summed E-state index contributed by atoms with van der Waals surface area (Å²) in [6.45, 7) is 1.84. The minimum atomic E-state index is -0.279. The van der Waals surface area contributed by atoms with Crippen LogP contribution in [0.25, 0.3) is 5.69 Å². The van der Waals surface area contributed by atoms with Crippen molar-refractivity contribution in [2.24, 2.45) is 5.10 Å². The van der Waals surface area contributed by atoms with Crippen LogP contribution in [0.5, 0.6) is 0 Å². The van der Waals surface area contributed by atoms with Gasteiger partial charge in [0.1, 0.15) is 5.15 Å². The van der Waals surface area contributed by atoms with E-state index in [1.807, 2.05) is 49.4 Å². The van der Waals surface area contributed by atoms with Crippen molar-refractivity contribution in [2.75, 3.05) is 0 Å². The summed E-state index contributed by atoms with van der Waals surface area (Å²) in [5.74, 6) is -0.279. The average Bonchev–Trinajstić information content (AvgIpc) is 2.90. The van der Waals surface area contributed by atoms with Crippen LogP contribution < -0.4 is 5.43 Å². The summed E-state index contributed by atoms with van der Waals surface area (Å²) in [7, 11) is 0. The number of hydrogen-bond donors (Lipinski definition) is 1. The first kappa shape index (κ1) is 17.6.